The molecule has 5 heteroatoms. The van der Waals surface area contributed by atoms with E-state index in [0.717, 1.165) is 11.1 Å². The van der Waals surface area contributed by atoms with Gasteiger partial charge in [-0.15, -0.1) is 0 Å². The molecule has 2 aromatic rings. The Hall–Kier alpha value is -2.17. The molecule has 0 spiro atoms. The summed E-state index contributed by atoms with van der Waals surface area (Å²) in [5.74, 6) is 0.137. The molecule has 1 aromatic heterocycles. The van der Waals surface area contributed by atoms with Crippen molar-refractivity contribution < 1.29 is 13.5 Å². The minimum absolute atomic E-state index is 0.137. The van der Waals surface area contributed by atoms with Crippen LogP contribution in [0.5, 0.6) is 5.75 Å². The molecular weight excluding hydrogens is 250 g/mol. The second-order valence-corrected chi connectivity index (χ2v) is 4.10. The topological polar surface area (TPSA) is 34.2 Å². The minimum atomic E-state index is -2.83. The third-order valence-electron chi connectivity index (χ3n) is 2.52. The van der Waals surface area contributed by atoms with Crippen LogP contribution in [0.2, 0.25) is 0 Å². The van der Waals surface area contributed by atoms with E-state index in [1.807, 2.05) is 13.0 Å². The molecule has 19 heavy (non-hydrogen) atoms. The zero-order valence-electron chi connectivity index (χ0n) is 10.4. The van der Waals surface area contributed by atoms with Gasteiger partial charge in [-0.3, -0.25) is 4.98 Å². The van der Waals surface area contributed by atoms with Crippen LogP contribution in [0.15, 0.2) is 42.7 Å². The average Bonchev–Trinajstić information content (AvgIpc) is 2.37. The van der Waals surface area contributed by atoms with E-state index in [-0.39, 0.29) is 5.75 Å². The van der Waals surface area contributed by atoms with Gasteiger partial charge in [-0.1, -0.05) is 18.2 Å². The van der Waals surface area contributed by atoms with Gasteiger partial charge in [0, 0.05) is 18.9 Å². The number of anilines is 1. The van der Waals surface area contributed by atoms with E-state index in [0.29, 0.717) is 12.2 Å². The molecule has 2 rings (SSSR count). The van der Waals surface area contributed by atoms with Gasteiger partial charge in [-0.25, -0.2) is 0 Å². The van der Waals surface area contributed by atoms with Gasteiger partial charge < -0.3 is 10.1 Å². The number of para-hydroxylation sites is 2. The first-order valence-corrected chi connectivity index (χ1v) is 5.83. The van der Waals surface area contributed by atoms with Crippen molar-refractivity contribution in [2.24, 2.45) is 0 Å². The largest absolute Gasteiger partial charge is 0.433 e. The van der Waals surface area contributed by atoms with Gasteiger partial charge in [0.2, 0.25) is 0 Å². The second kappa shape index (κ2) is 6.13. The molecule has 0 fully saturated rings. The molecule has 0 aliphatic heterocycles. The predicted molar refractivity (Wildman–Crippen MR) is 69.4 cm³/mol. The van der Waals surface area contributed by atoms with Crippen molar-refractivity contribution in [3.05, 3.63) is 53.9 Å². The number of pyridine rings is 1. The van der Waals surface area contributed by atoms with Crippen molar-refractivity contribution in [2.45, 2.75) is 20.1 Å². The normalized spacial score (nSPS) is 10.5. The molecule has 0 saturated carbocycles. The predicted octanol–water partition coefficient (Wildman–Crippen LogP) is 3.60. The summed E-state index contributed by atoms with van der Waals surface area (Å²) in [4.78, 5) is 4.08. The summed E-state index contributed by atoms with van der Waals surface area (Å²) in [6, 6.07) is 8.59. The molecule has 1 aromatic carbocycles. The third-order valence-corrected chi connectivity index (χ3v) is 2.52. The maximum atomic E-state index is 12.3. The Morgan fingerprint density at radius 3 is 2.79 bits per heavy atom. The van der Waals surface area contributed by atoms with Crippen LogP contribution in [0.25, 0.3) is 0 Å². The fourth-order valence-corrected chi connectivity index (χ4v) is 1.72. The summed E-state index contributed by atoms with van der Waals surface area (Å²) >= 11 is 0. The van der Waals surface area contributed by atoms with E-state index in [1.54, 1.807) is 30.6 Å². The number of hydrogen-bond acceptors (Lipinski definition) is 3. The van der Waals surface area contributed by atoms with E-state index in [1.165, 1.54) is 6.07 Å². The number of halogens is 2. The highest BCUT2D eigenvalue weighted by Gasteiger charge is 2.08. The summed E-state index contributed by atoms with van der Waals surface area (Å²) in [5, 5.41) is 3.06. The Bertz CT molecular complexity index is 546. The highest BCUT2D eigenvalue weighted by Crippen LogP contribution is 2.25. The summed E-state index contributed by atoms with van der Waals surface area (Å²) < 4.78 is 29.0. The van der Waals surface area contributed by atoms with Crippen molar-refractivity contribution in [3.63, 3.8) is 0 Å². The van der Waals surface area contributed by atoms with Crippen molar-refractivity contribution in [2.75, 3.05) is 5.32 Å². The van der Waals surface area contributed by atoms with Crippen LogP contribution in [-0.4, -0.2) is 11.6 Å². The Morgan fingerprint density at radius 2 is 2.05 bits per heavy atom. The minimum Gasteiger partial charge on any atom is -0.433 e. The molecule has 1 N–H and O–H groups in total. The quantitative estimate of drug-likeness (QED) is 0.895. The summed E-state index contributed by atoms with van der Waals surface area (Å²) in [6.07, 6.45) is 3.49. The molecule has 0 amide bonds. The lowest BCUT2D eigenvalue weighted by molar-refractivity contribution is -0.0493. The SMILES string of the molecule is Cc1cncc(CNc2ccccc2OC(F)F)c1. The van der Waals surface area contributed by atoms with Gasteiger partial charge in [0.05, 0.1) is 5.69 Å². The molecular formula is C14H14F2N2O. The van der Waals surface area contributed by atoms with Gasteiger partial charge in [0.1, 0.15) is 5.75 Å². The third kappa shape index (κ3) is 3.91. The second-order valence-electron chi connectivity index (χ2n) is 4.10. The Morgan fingerprint density at radius 1 is 1.26 bits per heavy atom. The fourth-order valence-electron chi connectivity index (χ4n) is 1.72. The van der Waals surface area contributed by atoms with E-state index in [9.17, 15) is 8.78 Å². The average molecular weight is 264 g/mol. The van der Waals surface area contributed by atoms with Crippen LogP contribution in [0.3, 0.4) is 0 Å². The van der Waals surface area contributed by atoms with E-state index >= 15 is 0 Å². The van der Waals surface area contributed by atoms with Gasteiger partial charge in [-0.05, 0) is 30.2 Å². The number of rotatable bonds is 5. The molecule has 0 radical (unpaired) electrons. The first-order valence-electron chi connectivity index (χ1n) is 5.83. The Kier molecular flexibility index (Phi) is 4.28. The zero-order chi connectivity index (χ0) is 13.7. The van der Waals surface area contributed by atoms with Gasteiger partial charge in [0.25, 0.3) is 0 Å². The highest BCUT2D eigenvalue weighted by molar-refractivity contribution is 5.56. The molecule has 0 aliphatic carbocycles. The summed E-state index contributed by atoms with van der Waals surface area (Å²) in [6.45, 7) is -0.383. The first kappa shape index (κ1) is 13.3. The smallest absolute Gasteiger partial charge is 0.387 e. The molecule has 0 aliphatic rings. The van der Waals surface area contributed by atoms with Crippen molar-refractivity contribution >= 4 is 5.69 Å². The van der Waals surface area contributed by atoms with E-state index in [4.69, 9.17) is 0 Å². The number of nitrogens with zero attached hydrogens (tertiary/aromatic N) is 1. The van der Waals surface area contributed by atoms with Gasteiger partial charge in [0.15, 0.2) is 0 Å². The molecule has 100 valence electrons. The van der Waals surface area contributed by atoms with Crippen LogP contribution in [-0.2, 0) is 6.54 Å². The monoisotopic (exact) mass is 264 g/mol. The maximum Gasteiger partial charge on any atom is 0.387 e. The lowest BCUT2D eigenvalue weighted by atomic mass is 10.2. The fraction of sp³-hybridized carbons (Fsp3) is 0.214. The molecule has 0 bridgehead atoms. The number of aromatic nitrogens is 1. The van der Waals surface area contributed by atoms with Crippen molar-refractivity contribution in [1.82, 2.24) is 4.98 Å². The van der Waals surface area contributed by atoms with Crippen LogP contribution < -0.4 is 10.1 Å². The molecule has 1 heterocycles. The van der Waals surface area contributed by atoms with Crippen LogP contribution in [0.1, 0.15) is 11.1 Å². The molecule has 0 atom stereocenters. The number of ether oxygens (including phenoxy) is 1. The molecule has 0 saturated heterocycles. The number of aryl methyl sites for hydroxylation is 1. The van der Waals surface area contributed by atoms with Crippen LogP contribution in [0, 0.1) is 6.92 Å². The van der Waals surface area contributed by atoms with E-state index in [2.05, 4.69) is 15.0 Å². The lowest BCUT2D eigenvalue weighted by Crippen LogP contribution is -2.06. The lowest BCUT2D eigenvalue weighted by Gasteiger charge is -2.12. The Balaban J connectivity index is 2.07. The number of benzene rings is 1. The van der Waals surface area contributed by atoms with Crippen LogP contribution in [0.4, 0.5) is 14.5 Å². The Labute approximate surface area is 110 Å². The maximum absolute atomic E-state index is 12.3. The van der Waals surface area contributed by atoms with Gasteiger partial charge in [-0.2, -0.15) is 8.78 Å². The number of alkyl halides is 2. The van der Waals surface area contributed by atoms with Crippen LogP contribution >= 0.6 is 0 Å². The van der Waals surface area contributed by atoms with Crippen molar-refractivity contribution in [1.29, 1.82) is 0 Å². The van der Waals surface area contributed by atoms with E-state index < -0.39 is 6.61 Å². The zero-order valence-corrected chi connectivity index (χ0v) is 10.4. The molecule has 3 nitrogen and oxygen atoms in total. The standard InChI is InChI=1S/C14H14F2N2O/c1-10-6-11(8-17-7-10)9-18-12-4-2-3-5-13(12)19-14(15)16/h2-8,14,18H,9H2,1H3. The summed E-state index contributed by atoms with van der Waals surface area (Å²) in [7, 11) is 0. The highest BCUT2D eigenvalue weighted by atomic mass is 19.3. The molecule has 0 unspecified atom stereocenters. The number of hydrogen-bond donors (Lipinski definition) is 1. The summed E-state index contributed by atoms with van der Waals surface area (Å²) in [5.41, 5.74) is 2.56. The number of nitrogens with one attached hydrogen (secondary N) is 1. The first-order chi connectivity index (χ1) is 9.15. The van der Waals surface area contributed by atoms with Crippen molar-refractivity contribution in [3.8, 4) is 5.75 Å². The van der Waals surface area contributed by atoms with Gasteiger partial charge >= 0.3 is 6.61 Å².